The van der Waals surface area contributed by atoms with E-state index >= 15 is 0 Å². The van der Waals surface area contributed by atoms with E-state index in [2.05, 4.69) is 16.0 Å². The smallest absolute Gasteiger partial charge is 0.211 e. The Hall–Kier alpha value is -1.22. The van der Waals surface area contributed by atoms with E-state index in [4.69, 9.17) is 0 Å². The molecule has 0 aliphatic carbocycles. The first-order valence-electron chi connectivity index (χ1n) is 5.28. The second-order valence-electron chi connectivity index (χ2n) is 4.21. The Labute approximate surface area is 101 Å². The van der Waals surface area contributed by atoms with Crippen LogP contribution < -0.4 is 16.0 Å². The van der Waals surface area contributed by atoms with Crippen molar-refractivity contribution in [2.24, 2.45) is 0 Å². The van der Waals surface area contributed by atoms with Crippen molar-refractivity contribution in [2.75, 3.05) is 28.2 Å². The van der Waals surface area contributed by atoms with Gasteiger partial charge in [0.15, 0.2) is 0 Å². The molecule has 98 valence electrons. The van der Waals surface area contributed by atoms with E-state index in [0.29, 0.717) is 0 Å². The van der Waals surface area contributed by atoms with Gasteiger partial charge in [-0.3, -0.25) is 30.4 Å². The molecule has 0 saturated carbocycles. The fourth-order valence-corrected chi connectivity index (χ4v) is 1.48. The third-order valence-electron chi connectivity index (χ3n) is 2.61. The molecule has 1 aliphatic heterocycles. The van der Waals surface area contributed by atoms with Gasteiger partial charge in [0.25, 0.3) is 0 Å². The van der Waals surface area contributed by atoms with Crippen LogP contribution in [-0.4, -0.2) is 74.6 Å². The molecule has 1 heterocycles. The molecule has 3 N–H and O–H groups in total. The summed E-state index contributed by atoms with van der Waals surface area (Å²) in [6.07, 6.45) is 0.625. The van der Waals surface area contributed by atoms with Gasteiger partial charge in [-0.15, -0.1) is 0 Å². The highest BCUT2D eigenvalue weighted by atomic mass is 16.1. The third-order valence-corrected chi connectivity index (χ3v) is 2.61. The molecule has 1 fully saturated rings. The van der Waals surface area contributed by atoms with Gasteiger partial charge in [0.05, 0.1) is 0 Å². The molecule has 2 atom stereocenters. The lowest BCUT2D eigenvalue weighted by Crippen LogP contribution is -2.76. The largest absolute Gasteiger partial charge is 0.320 e. The van der Waals surface area contributed by atoms with Crippen LogP contribution in [0.1, 0.15) is 0 Å². The highest BCUT2D eigenvalue weighted by Gasteiger charge is 2.31. The Morgan fingerprint density at radius 3 is 1.41 bits per heavy atom. The molecule has 0 spiro atoms. The molecule has 1 aliphatic rings. The van der Waals surface area contributed by atoms with Gasteiger partial charge >= 0.3 is 0 Å². The van der Waals surface area contributed by atoms with E-state index < -0.39 is 0 Å². The fraction of sp³-hybridized carbons (Fsp3) is 0.778. The van der Waals surface area contributed by atoms with Crippen molar-refractivity contribution >= 4 is 12.8 Å². The van der Waals surface area contributed by atoms with Crippen molar-refractivity contribution in [1.29, 1.82) is 0 Å². The van der Waals surface area contributed by atoms with Crippen molar-refractivity contribution in [2.45, 2.75) is 18.9 Å². The Bertz CT molecular complexity index is 252. The average molecular weight is 244 g/mol. The van der Waals surface area contributed by atoms with E-state index in [1.165, 1.54) is 9.80 Å². The summed E-state index contributed by atoms with van der Waals surface area (Å²) in [6.45, 7) is 0. The van der Waals surface area contributed by atoms with Gasteiger partial charge < -0.3 is 9.80 Å². The Morgan fingerprint density at radius 2 is 1.12 bits per heavy atom. The minimum absolute atomic E-state index is 0.143. The standard InChI is InChI=1S/C9H20N6O2/c1-13(2)7-10-8(14(3)5-16)12-9(11-7)15(4)6-17/h5-12H,1-4H3. The van der Waals surface area contributed by atoms with Gasteiger partial charge in [-0.2, -0.15) is 0 Å². The summed E-state index contributed by atoms with van der Waals surface area (Å²) >= 11 is 0. The lowest BCUT2D eigenvalue weighted by molar-refractivity contribution is -0.127. The van der Waals surface area contributed by atoms with E-state index in [0.717, 1.165) is 12.8 Å². The Balaban J connectivity index is 2.75. The maximum atomic E-state index is 10.8. The molecule has 8 heteroatoms. The number of hydrogen-bond acceptors (Lipinski definition) is 6. The van der Waals surface area contributed by atoms with E-state index in [-0.39, 0.29) is 18.9 Å². The fourth-order valence-electron chi connectivity index (χ4n) is 1.48. The van der Waals surface area contributed by atoms with E-state index in [1.807, 2.05) is 19.0 Å². The second-order valence-corrected chi connectivity index (χ2v) is 4.21. The van der Waals surface area contributed by atoms with Crippen LogP contribution in [0.3, 0.4) is 0 Å². The maximum absolute atomic E-state index is 10.8. The molecule has 17 heavy (non-hydrogen) atoms. The molecule has 8 nitrogen and oxygen atoms in total. The zero-order chi connectivity index (χ0) is 13.0. The van der Waals surface area contributed by atoms with Crippen LogP contribution in [0.25, 0.3) is 0 Å². The minimum Gasteiger partial charge on any atom is -0.320 e. The molecule has 0 aromatic carbocycles. The monoisotopic (exact) mass is 244 g/mol. The molecular formula is C9H20N6O2. The Kier molecular flexibility index (Phi) is 4.82. The topological polar surface area (TPSA) is 80.0 Å². The van der Waals surface area contributed by atoms with Crippen molar-refractivity contribution < 1.29 is 9.59 Å². The third kappa shape index (κ3) is 3.37. The molecule has 0 aromatic rings. The molecule has 0 bridgehead atoms. The van der Waals surface area contributed by atoms with Gasteiger partial charge in [-0.1, -0.05) is 0 Å². The van der Waals surface area contributed by atoms with Crippen LogP contribution in [0.2, 0.25) is 0 Å². The molecule has 1 rings (SSSR count). The first-order valence-corrected chi connectivity index (χ1v) is 5.28. The second kappa shape index (κ2) is 5.92. The lowest BCUT2D eigenvalue weighted by Gasteiger charge is -2.45. The highest BCUT2D eigenvalue weighted by molar-refractivity contribution is 5.48. The number of carbonyl (C=O) groups is 2. The number of nitrogens with zero attached hydrogens (tertiary/aromatic N) is 3. The first-order chi connectivity index (χ1) is 7.99. The predicted octanol–water partition coefficient (Wildman–Crippen LogP) is -2.64. The van der Waals surface area contributed by atoms with Crippen LogP contribution in [0.5, 0.6) is 0 Å². The summed E-state index contributed by atoms with van der Waals surface area (Å²) in [6, 6.07) is 0. The van der Waals surface area contributed by atoms with Gasteiger partial charge in [0, 0.05) is 14.1 Å². The number of carbonyl (C=O) groups excluding carboxylic acids is 2. The van der Waals surface area contributed by atoms with E-state index in [1.54, 1.807) is 14.1 Å². The van der Waals surface area contributed by atoms with Crippen LogP contribution in [0.15, 0.2) is 0 Å². The van der Waals surface area contributed by atoms with Crippen molar-refractivity contribution in [1.82, 2.24) is 30.7 Å². The summed E-state index contributed by atoms with van der Waals surface area (Å²) in [7, 11) is 7.11. The predicted molar refractivity (Wildman–Crippen MR) is 62.1 cm³/mol. The van der Waals surface area contributed by atoms with E-state index in [9.17, 15) is 9.59 Å². The summed E-state index contributed by atoms with van der Waals surface area (Å²) in [5.41, 5.74) is 0. The molecule has 0 radical (unpaired) electrons. The number of nitrogens with one attached hydrogen (secondary N) is 3. The number of amides is 2. The Morgan fingerprint density at radius 1 is 0.765 bits per heavy atom. The van der Waals surface area contributed by atoms with Crippen LogP contribution in [0.4, 0.5) is 0 Å². The summed E-state index contributed by atoms with van der Waals surface area (Å²) in [5.74, 6) is 0. The summed E-state index contributed by atoms with van der Waals surface area (Å²) in [5, 5.41) is 9.42. The summed E-state index contributed by atoms with van der Waals surface area (Å²) in [4.78, 5) is 26.3. The van der Waals surface area contributed by atoms with Crippen LogP contribution in [-0.2, 0) is 9.59 Å². The van der Waals surface area contributed by atoms with Crippen molar-refractivity contribution in [3.8, 4) is 0 Å². The molecule has 2 unspecified atom stereocenters. The van der Waals surface area contributed by atoms with Crippen LogP contribution >= 0.6 is 0 Å². The molecule has 1 saturated heterocycles. The first kappa shape index (κ1) is 13.8. The van der Waals surface area contributed by atoms with Crippen molar-refractivity contribution in [3.63, 3.8) is 0 Å². The number of hydrogen-bond donors (Lipinski definition) is 3. The quantitative estimate of drug-likeness (QED) is 0.459. The minimum atomic E-state index is -0.339. The highest BCUT2D eigenvalue weighted by Crippen LogP contribution is 2.01. The maximum Gasteiger partial charge on any atom is 0.211 e. The van der Waals surface area contributed by atoms with Gasteiger partial charge in [-0.25, -0.2) is 0 Å². The van der Waals surface area contributed by atoms with Gasteiger partial charge in [0.2, 0.25) is 12.8 Å². The zero-order valence-corrected chi connectivity index (χ0v) is 10.5. The zero-order valence-electron chi connectivity index (χ0n) is 10.5. The lowest BCUT2D eigenvalue weighted by atomic mass is 10.4. The average Bonchev–Trinajstić information content (AvgIpc) is 2.36. The normalized spacial score (nSPS) is 28.9. The van der Waals surface area contributed by atoms with Gasteiger partial charge in [-0.05, 0) is 14.1 Å². The van der Waals surface area contributed by atoms with Crippen molar-refractivity contribution in [3.05, 3.63) is 0 Å². The number of rotatable bonds is 5. The van der Waals surface area contributed by atoms with Gasteiger partial charge in [0.1, 0.15) is 18.9 Å². The summed E-state index contributed by atoms with van der Waals surface area (Å²) < 4.78 is 0. The molecular weight excluding hydrogens is 224 g/mol. The van der Waals surface area contributed by atoms with Crippen LogP contribution in [0, 0.1) is 0 Å². The SMILES string of the molecule is CN(C)C1NC(N(C)C=O)NC(N(C)C=O)N1. The molecule has 0 aromatic heterocycles. The molecule has 2 amide bonds.